The first-order chi connectivity index (χ1) is 11.2. The normalized spacial score (nSPS) is 38.1. The fourth-order valence-corrected chi connectivity index (χ4v) is 5.76. The first-order valence-corrected chi connectivity index (χ1v) is 9.97. The van der Waals surface area contributed by atoms with Crippen LogP contribution in [0.2, 0.25) is 0 Å². The zero-order valence-electron chi connectivity index (χ0n) is 15.3. The molecule has 4 nitrogen and oxygen atoms in total. The number of nitrogens with zero attached hydrogens (tertiary/aromatic N) is 2. The summed E-state index contributed by atoms with van der Waals surface area (Å²) in [4.78, 5) is 17.8. The molecule has 25 heavy (non-hydrogen) atoms. The second kappa shape index (κ2) is 9.25. The molecule has 2 saturated carbocycles. The first kappa shape index (κ1) is 21.3. The molecule has 4 aliphatic rings. The van der Waals surface area contributed by atoms with E-state index in [0.717, 1.165) is 25.9 Å². The van der Waals surface area contributed by atoms with Crippen LogP contribution in [-0.4, -0.2) is 54.5 Å². The van der Waals surface area contributed by atoms with Crippen LogP contribution in [0.1, 0.15) is 51.4 Å². The van der Waals surface area contributed by atoms with Gasteiger partial charge in [0, 0.05) is 31.6 Å². The van der Waals surface area contributed by atoms with E-state index in [1.165, 1.54) is 58.2 Å². The number of rotatable bonds is 3. The summed E-state index contributed by atoms with van der Waals surface area (Å²) in [7, 11) is 0. The molecule has 0 aromatic heterocycles. The Morgan fingerprint density at radius 3 is 2.20 bits per heavy atom. The minimum Gasteiger partial charge on any atom is -0.342 e. The van der Waals surface area contributed by atoms with Gasteiger partial charge in [0.1, 0.15) is 0 Å². The number of carbonyl (C=O) groups is 1. The van der Waals surface area contributed by atoms with Crippen molar-refractivity contribution in [3.05, 3.63) is 0 Å². The van der Waals surface area contributed by atoms with Crippen molar-refractivity contribution in [1.29, 1.82) is 0 Å². The number of carbonyl (C=O) groups excluding carboxylic acids is 1. The smallest absolute Gasteiger partial charge is 0.225 e. The van der Waals surface area contributed by atoms with Gasteiger partial charge < -0.3 is 15.5 Å². The SMILES string of the molecule is Cl.Cl.NC1C2CCCC1CC(C(=O)N1CCC(CN3CCCC3)C1)C2. The van der Waals surface area contributed by atoms with Crippen LogP contribution in [0, 0.1) is 23.7 Å². The monoisotopic (exact) mass is 391 g/mol. The Bertz CT molecular complexity index is 430. The lowest BCUT2D eigenvalue weighted by Crippen LogP contribution is -2.49. The highest BCUT2D eigenvalue weighted by Gasteiger charge is 2.42. The molecule has 6 heteroatoms. The molecule has 2 N–H and O–H groups in total. The summed E-state index contributed by atoms with van der Waals surface area (Å²) in [6.45, 7) is 5.76. The average Bonchev–Trinajstić information content (AvgIpc) is 3.18. The van der Waals surface area contributed by atoms with Crippen molar-refractivity contribution >= 4 is 30.7 Å². The molecule has 0 radical (unpaired) electrons. The molecule has 2 bridgehead atoms. The lowest BCUT2D eigenvalue weighted by molar-refractivity contribution is -0.137. The predicted octanol–water partition coefficient (Wildman–Crippen LogP) is 2.93. The highest BCUT2D eigenvalue weighted by atomic mass is 35.5. The Morgan fingerprint density at radius 2 is 1.56 bits per heavy atom. The Hall–Kier alpha value is -0.0300. The number of hydrogen-bond acceptors (Lipinski definition) is 3. The van der Waals surface area contributed by atoms with Crippen LogP contribution in [0.3, 0.4) is 0 Å². The van der Waals surface area contributed by atoms with Gasteiger partial charge in [0.2, 0.25) is 5.91 Å². The first-order valence-electron chi connectivity index (χ1n) is 9.97. The van der Waals surface area contributed by atoms with E-state index in [1.807, 2.05) is 0 Å². The third-order valence-electron chi connectivity index (χ3n) is 7.07. The van der Waals surface area contributed by atoms with Gasteiger partial charge in [-0.3, -0.25) is 4.79 Å². The van der Waals surface area contributed by atoms with E-state index in [0.29, 0.717) is 29.7 Å². The number of halogens is 2. The number of fused-ring (bicyclic) bond motifs is 2. The molecule has 2 aliphatic heterocycles. The molecular weight excluding hydrogens is 357 g/mol. The van der Waals surface area contributed by atoms with Crippen LogP contribution in [0.15, 0.2) is 0 Å². The van der Waals surface area contributed by atoms with Crippen molar-refractivity contribution in [1.82, 2.24) is 9.80 Å². The Labute approximate surface area is 165 Å². The molecule has 1 amide bonds. The number of likely N-dealkylation sites (tertiary alicyclic amines) is 2. The molecule has 0 spiro atoms. The Morgan fingerprint density at radius 1 is 0.920 bits per heavy atom. The van der Waals surface area contributed by atoms with Crippen molar-refractivity contribution in [2.75, 3.05) is 32.7 Å². The number of amides is 1. The van der Waals surface area contributed by atoms with Gasteiger partial charge in [0.15, 0.2) is 0 Å². The molecule has 3 unspecified atom stereocenters. The summed E-state index contributed by atoms with van der Waals surface area (Å²) in [5, 5.41) is 0. The molecular formula is C19H35Cl2N3O. The van der Waals surface area contributed by atoms with E-state index in [9.17, 15) is 4.79 Å². The molecule has 146 valence electrons. The fourth-order valence-electron chi connectivity index (χ4n) is 5.76. The van der Waals surface area contributed by atoms with Crippen LogP contribution in [0.4, 0.5) is 0 Å². The maximum Gasteiger partial charge on any atom is 0.225 e. The summed E-state index contributed by atoms with van der Waals surface area (Å²) in [6.07, 6.45) is 9.87. The number of hydrogen-bond donors (Lipinski definition) is 1. The van der Waals surface area contributed by atoms with E-state index in [-0.39, 0.29) is 30.7 Å². The van der Waals surface area contributed by atoms with E-state index in [2.05, 4.69) is 9.80 Å². The maximum absolute atomic E-state index is 13.0. The highest BCUT2D eigenvalue weighted by molar-refractivity contribution is 5.85. The lowest BCUT2D eigenvalue weighted by Gasteiger charge is -2.44. The van der Waals surface area contributed by atoms with E-state index < -0.39 is 0 Å². The van der Waals surface area contributed by atoms with E-state index in [1.54, 1.807) is 0 Å². The molecule has 4 fully saturated rings. The van der Waals surface area contributed by atoms with Crippen molar-refractivity contribution < 1.29 is 4.79 Å². The topological polar surface area (TPSA) is 49.6 Å². The van der Waals surface area contributed by atoms with E-state index in [4.69, 9.17) is 5.73 Å². The van der Waals surface area contributed by atoms with Gasteiger partial charge in [0.25, 0.3) is 0 Å². The van der Waals surface area contributed by atoms with Crippen LogP contribution in [0.25, 0.3) is 0 Å². The van der Waals surface area contributed by atoms with Gasteiger partial charge >= 0.3 is 0 Å². The zero-order valence-corrected chi connectivity index (χ0v) is 16.9. The van der Waals surface area contributed by atoms with Gasteiger partial charge in [0.05, 0.1) is 0 Å². The van der Waals surface area contributed by atoms with Crippen LogP contribution >= 0.6 is 24.8 Å². The lowest BCUT2D eigenvalue weighted by atomic mass is 9.65. The predicted molar refractivity (Wildman–Crippen MR) is 106 cm³/mol. The summed E-state index contributed by atoms with van der Waals surface area (Å²) in [6, 6.07) is 0.370. The minimum absolute atomic E-state index is 0. The fraction of sp³-hybridized carbons (Fsp3) is 0.947. The second-order valence-corrected chi connectivity index (χ2v) is 8.64. The van der Waals surface area contributed by atoms with Gasteiger partial charge in [-0.15, -0.1) is 24.8 Å². The van der Waals surface area contributed by atoms with Gasteiger partial charge in [-0.2, -0.15) is 0 Å². The summed E-state index contributed by atoms with van der Waals surface area (Å²) >= 11 is 0. The molecule has 4 rings (SSSR count). The molecule has 0 aromatic carbocycles. The van der Waals surface area contributed by atoms with Gasteiger partial charge in [-0.1, -0.05) is 6.42 Å². The molecule has 2 heterocycles. The average molecular weight is 392 g/mol. The summed E-state index contributed by atoms with van der Waals surface area (Å²) in [5.41, 5.74) is 6.38. The molecule has 0 aromatic rings. The van der Waals surface area contributed by atoms with E-state index >= 15 is 0 Å². The number of nitrogens with two attached hydrogens (primary N) is 1. The van der Waals surface area contributed by atoms with Crippen molar-refractivity contribution in [3.8, 4) is 0 Å². The molecule has 2 saturated heterocycles. The van der Waals surface area contributed by atoms with Crippen LogP contribution in [-0.2, 0) is 4.79 Å². The Balaban J connectivity index is 0.00000113. The van der Waals surface area contributed by atoms with Gasteiger partial charge in [-0.05, 0) is 75.8 Å². The second-order valence-electron chi connectivity index (χ2n) is 8.64. The summed E-state index contributed by atoms with van der Waals surface area (Å²) in [5.74, 6) is 2.66. The minimum atomic E-state index is 0. The molecule has 2 aliphatic carbocycles. The standard InChI is InChI=1S/C19H33N3O.2ClH/c20-18-15-4-3-5-16(18)11-17(10-15)19(23)22-9-6-14(13-22)12-21-7-1-2-8-21;;/h14-18H,1-13,20H2;2*1H. The molecule has 3 atom stereocenters. The third-order valence-corrected chi connectivity index (χ3v) is 7.07. The van der Waals surface area contributed by atoms with Crippen LogP contribution in [0.5, 0.6) is 0 Å². The third kappa shape index (κ3) is 4.63. The Kier molecular flexibility index (Phi) is 7.87. The van der Waals surface area contributed by atoms with Crippen LogP contribution < -0.4 is 5.73 Å². The highest BCUT2D eigenvalue weighted by Crippen LogP contribution is 2.42. The van der Waals surface area contributed by atoms with Gasteiger partial charge in [-0.25, -0.2) is 0 Å². The van der Waals surface area contributed by atoms with Crippen molar-refractivity contribution in [2.45, 2.75) is 57.4 Å². The van der Waals surface area contributed by atoms with Crippen molar-refractivity contribution in [2.24, 2.45) is 29.4 Å². The quantitative estimate of drug-likeness (QED) is 0.804. The largest absolute Gasteiger partial charge is 0.342 e. The van der Waals surface area contributed by atoms with Crippen molar-refractivity contribution in [3.63, 3.8) is 0 Å². The summed E-state index contributed by atoms with van der Waals surface area (Å²) < 4.78 is 0. The zero-order chi connectivity index (χ0) is 15.8. The maximum atomic E-state index is 13.0.